The monoisotopic (exact) mass is 342 g/mol. The molecule has 3 rings (SSSR count). The molecule has 122 valence electrons. The van der Waals surface area contributed by atoms with Gasteiger partial charge < -0.3 is 10.2 Å². The summed E-state index contributed by atoms with van der Waals surface area (Å²) in [5.74, 6) is 0. The Bertz CT molecular complexity index is 835. The van der Waals surface area contributed by atoms with E-state index in [4.69, 9.17) is 11.6 Å². The first kappa shape index (κ1) is 15.9. The van der Waals surface area contributed by atoms with Crippen molar-refractivity contribution in [2.75, 3.05) is 12.4 Å². The average Bonchev–Trinajstić information content (AvgIpc) is 3.04. The summed E-state index contributed by atoms with van der Waals surface area (Å²) in [4.78, 5) is 21.9. The van der Waals surface area contributed by atoms with E-state index in [1.54, 1.807) is 48.8 Å². The second-order valence-electron chi connectivity index (χ2n) is 5.11. The van der Waals surface area contributed by atoms with Crippen LogP contribution in [0.3, 0.4) is 0 Å². The maximum absolute atomic E-state index is 12.2. The molecule has 0 saturated heterocycles. The lowest BCUT2D eigenvalue weighted by molar-refractivity contribution is 0.220. The van der Waals surface area contributed by atoms with Crippen LogP contribution in [0.4, 0.5) is 10.5 Å². The zero-order chi connectivity index (χ0) is 16.9. The van der Waals surface area contributed by atoms with Crippen LogP contribution < -0.4 is 5.32 Å². The second kappa shape index (κ2) is 7.10. The normalized spacial score (nSPS) is 10.4. The third-order valence-corrected chi connectivity index (χ3v) is 3.62. The Morgan fingerprint density at radius 1 is 1.29 bits per heavy atom. The Hall–Kier alpha value is -2.93. The smallest absolute Gasteiger partial charge is 0.322 e. The van der Waals surface area contributed by atoms with Gasteiger partial charge in [0.05, 0.1) is 47.2 Å². The van der Waals surface area contributed by atoms with Gasteiger partial charge in [-0.1, -0.05) is 23.7 Å². The molecule has 3 aromatic rings. The van der Waals surface area contributed by atoms with Crippen LogP contribution in [0, 0.1) is 0 Å². The maximum atomic E-state index is 12.2. The molecule has 8 heteroatoms. The minimum absolute atomic E-state index is 0.264. The number of hydrogen-bond donors (Lipinski definition) is 1. The summed E-state index contributed by atoms with van der Waals surface area (Å²) in [6, 6.07) is 7.08. The van der Waals surface area contributed by atoms with Gasteiger partial charge in [0, 0.05) is 19.4 Å². The van der Waals surface area contributed by atoms with E-state index in [9.17, 15) is 4.79 Å². The van der Waals surface area contributed by atoms with Gasteiger partial charge in [0.2, 0.25) is 0 Å². The molecule has 2 aromatic heterocycles. The van der Waals surface area contributed by atoms with Crippen molar-refractivity contribution in [2.45, 2.75) is 6.54 Å². The van der Waals surface area contributed by atoms with E-state index < -0.39 is 0 Å². The molecule has 0 saturated carbocycles. The van der Waals surface area contributed by atoms with Crippen LogP contribution in [0.2, 0.25) is 5.02 Å². The summed E-state index contributed by atoms with van der Waals surface area (Å²) < 4.78 is 1.61. The summed E-state index contributed by atoms with van der Waals surface area (Å²) in [7, 11) is 1.68. The van der Waals surface area contributed by atoms with E-state index in [2.05, 4.69) is 20.4 Å². The predicted molar refractivity (Wildman–Crippen MR) is 91.1 cm³/mol. The highest BCUT2D eigenvalue weighted by atomic mass is 35.5. The number of carbonyl (C=O) groups excluding carboxylic acids is 1. The second-order valence-corrected chi connectivity index (χ2v) is 5.52. The molecule has 1 aromatic carbocycles. The number of anilines is 1. The van der Waals surface area contributed by atoms with Crippen LogP contribution in [0.25, 0.3) is 5.69 Å². The lowest BCUT2D eigenvalue weighted by atomic mass is 10.3. The molecule has 0 radical (unpaired) electrons. The van der Waals surface area contributed by atoms with Crippen molar-refractivity contribution < 1.29 is 4.79 Å². The highest BCUT2D eigenvalue weighted by molar-refractivity contribution is 6.32. The molecule has 2 heterocycles. The van der Waals surface area contributed by atoms with E-state index in [1.165, 1.54) is 4.90 Å². The molecule has 0 spiro atoms. The van der Waals surface area contributed by atoms with Crippen molar-refractivity contribution in [3.8, 4) is 5.69 Å². The van der Waals surface area contributed by atoms with E-state index in [0.717, 1.165) is 5.69 Å². The highest BCUT2D eigenvalue weighted by Crippen LogP contribution is 2.20. The summed E-state index contributed by atoms with van der Waals surface area (Å²) in [5, 5.41) is 7.59. The van der Waals surface area contributed by atoms with Crippen LogP contribution in [0.5, 0.6) is 0 Å². The number of urea groups is 1. The number of carbonyl (C=O) groups is 1. The minimum atomic E-state index is -0.264. The summed E-state index contributed by atoms with van der Waals surface area (Å²) in [5.41, 5.74) is 2.03. The van der Waals surface area contributed by atoms with E-state index >= 15 is 0 Å². The Labute approximate surface area is 143 Å². The third kappa shape index (κ3) is 3.69. The van der Waals surface area contributed by atoms with E-state index in [-0.39, 0.29) is 6.03 Å². The number of hydrogen-bond acceptors (Lipinski definition) is 4. The van der Waals surface area contributed by atoms with E-state index in [1.807, 2.05) is 18.2 Å². The topological polar surface area (TPSA) is 75.9 Å². The predicted octanol–water partition coefficient (Wildman–Crippen LogP) is 2.98. The molecule has 0 atom stereocenters. The van der Waals surface area contributed by atoms with Crippen molar-refractivity contribution >= 4 is 23.3 Å². The quantitative estimate of drug-likeness (QED) is 0.790. The first-order valence-electron chi connectivity index (χ1n) is 7.20. The molecule has 0 aliphatic rings. The first-order valence-corrected chi connectivity index (χ1v) is 7.58. The van der Waals surface area contributed by atoms with Gasteiger partial charge >= 0.3 is 6.03 Å². The number of rotatable bonds is 4. The van der Waals surface area contributed by atoms with Gasteiger partial charge in [-0.25, -0.2) is 9.48 Å². The Balaban J connectivity index is 1.66. The van der Waals surface area contributed by atoms with Crippen LogP contribution in [0.1, 0.15) is 5.69 Å². The van der Waals surface area contributed by atoms with Gasteiger partial charge in [0.25, 0.3) is 0 Å². The largest absolute Gasteiger partial charge is 0.322 e. The van der Waals surface area contributed by atoms with Gasteiger partial charge in [-0.3, -0.25) is 9.97 Å². The number of halogens is 1. The fourth-order valence-electron chi connectivity index (χ4n) is 2.10. The van der Waals surface area contributed by atoms with Crippen molar-refractivity contribution in [3.63, 3.8) is 0 Å². The number of amides is 2. The van der Waals surface area contributed by atoms with Gasteiger partial charge in [0.15, 0.2) is 0 Å². The van der Waals surface area contributed by atoms with Crippen molar-refractivity contribution in [3.05, 3.63) is 66.0 Å². The molecule has 1 N–H and O–H groups in total. The number of nitrogens with zero attached hydrogens (tertiary/aromatic N) is 5. The molecule has 0 aliphatic carbocycles. The van der Waals surface area contributed by atoms with Gasteiger partial charge in [-0.15, -0.1) is 0 Å². The molecule has 0 aliphatic heterocycles. The fourth-order valence-corrected chi connectivity index (χ4v) is 2.32. The zero-order valence-corrected chi connectivity index (χ0v) is 13.7. The highest BCUT2D eigenvalue weighted by Gasteiger charge is 2.12. The summed E-state index contributed by atoms with van der Waals surface area (Å²) in [6.45, 7) is 0.359. The molecule has 7 nitrogen and oxygen atoms in total. The fraction of sp³-hybridized carbons (Fsp3) is 0.125. The molecule has 0 fully saturated rings. The van der Waals surface area contributed by atoms with Gasteiger partial charge in [-0.2, -0.15) is 5.10 Å². The third-order valence-electron chi connectivity index (χ3n) is 3.30. The lowest BCUT2D eigenvalue weighted by Crippen LogP contribution is -2.31. The standard InChI is InChI=1S/C16H15ClN6O/c1-22(10-12-8-18-6-7-19-12)16(24)21-13-9-20-23(11-13)15-5-3-2-4-14(15)17/h2-9,11H,10H2,1H3,(H,21,24). The van der Waals surface area contributed by atoms with Crippen LogP contribution in [-0.4, -0.2) is 37.7 Å². The van der Waals surface area contributed by atoms with Crippen LogP contribution >= 0.6 is 11.6 Å². The molecular formula is C16H15ClN6O. The maximum Gasteiger partial charge on any atom is 0.322 e. The van der Waals surface area contributed by atoms with Gasteiger partial charge in [-0.05, 0) is 12.1 Å². The Morgan fingerprint density at radius 3 is 2.88 bits per heavy atom. The molecular weight excluding hydrogens is 328 g/mol. The number of aromatic nitrogens is 4. The minimum Gasteiger partial charge on any atom is -0.322 e. The Kier molecular flexibility index (Phi) is 4.72. The van der Waals surface area contributed by atoms with Crippen LogP contribution in [0.15, 0.2) is 55.2 Å². The number of para-hydroxylation sites is 1. The van der Waals surface area contributed by atoms with Crippen molar-refractivity contribution in [1.82, 2.24) is 24.6 Å². The molecule has 0 unspecified atom stereocenters. The number of benzene rings is 1. The van der Waals surface area contributed by atoms with Crippen molar-refractivity contribution in [2.24, 2.45) is 0 Å². The average molecular weight is 343 g/mol. The van der Waals surface area contributed by atoms with E-state index in [0.29, 0.717) is 22.9 Å². The summed E-state index contributed by atoms with van der Waals surface area (Å²) in [6.07, 6.45) is 8.08. The molecule has 2 amide bonds. The molecule has 0 bridgehead atoms. The molecule has 24 heavy (non-hydrogen) atoms. The first-order chi connectivity index (χ1) is 11.6. The lowest BCUT2D eigenvalue weighted by Gasteiger charge is -2.16. The van der Waals surface area contributed by atoms with Gasteiger partial charge in [0.1, 0.15) is 0 Å². The number of nitrogens with one attached hydrogen (secondary N) is 1. The zero-order valence-electron chi connectivity index (χ0n) is 12.9. The Morgan fingerprint density at radius 2 is 2.12 bits per heavy atom. The SMILES string of the molecule is CN(Cc1cnccn1)C(=O)Nc1cnn(-c2ccccc2Cl)c1. The van der Waals surface area contributed by atoms with Crippen molar-refractivity contribution in [1.29, 1.82) is 0 Å². The summed E-state index contributed by atoms with van der Waals surface area (Å²) >= 11 is 6.15. The van der Waals surface area contributed by atoms with Crippen LogP contribution in [-0.2, 0) is 6.54 Å².